The number of aryl methyl sites for hydroxylation is 1. The lowest BCUT2D eigenvalue weighted by Crippen LogP contribution is -2.45. The molecular weight excluding hydrogens is 219 g/mol. The fourth-order valence-electron chi connectivity index (χ4n) is 1.84. The molecule has 17 heavy (non-hydrogen) atoms. The molecule has 0 fully saturated rings. The number of halogens is 1. The predicted molar refractivity (Wildman–Crippen MR) is 67.0 cm³/mol. The summed E-state index contributed by atoms with van der Waals surface area (Å²) >= 11 is 0. The molecule has 3 nitrogen and oxygen atoms in total. The molecular formula is C13H21FN2O. The fourth-order valence-corrected chi connectivity index (χ4v) is 1.84. The van der Waals surface area contributed by atoms with E-state index in [0.717, 1.165) is 11.1 Å². The average Bonchev–Trinajstić information content (AvgIpc) is 2.30. The molecule has 0 heterocycles. The highest BCUT2D eigenvalue weighted by atomic mass is 19.1. The van der Waals surface area contributed by atoms with Gasteiger partial charge in [0.1, 0.15) is 5.82 Å². The zero-order valence-electron chi connectivity index (χ0n) is 10.7. The number of rotatable bonds is 6. The second-order valence-corrected chi connectivity index (χ2v) is 4.21. The number of nitrogens with two attached hydrogens (primary N) is 1. The Morgan fingerprint density at radius 3 is 2.76 bits per heavy atom. The van der Waals surface area contributed by atoms with Gasteiger partial charge in [0.25, 0.3) is 0 Å². The molecule has 1 rings (SSSR count). The van der Waals surface area contributed by atoms with Crippen LogP contribution in [0, 0.1) is 12.7 Å². The highest BCUT2D eigenvalue weighted by Gasteiger charge is 2.17. The molecule has 0 aliphatic rings. The van der Waals surface area contributed by atoms with Crippen molar-refractivity contribution in [2.75, 3.05) is 6.61 Å². The number of ether oxygens (including phenoxy) is 1. The Hall–Kier alpha value is -0.970. The number of hydrazine groups is 1. The van der Waals surface area contributed by atoms with Gasteiger partial charge in [0.05, 0.1) is 12.1 Å². The van der Waals surface area contributed by atoms with Crippen molar-refractivity contribution >= 4 is 0 Å². The lowest BCUT2D eigenvalue weighted by atomic mass is 9.98. The van der Waals surface area contributed by atoms with Crippen molar-refractivity contribution in [3.05, 3.63) is 35.1 Å². The quantitative estimate of drug-likeness (QED) is 0.590. The number of nitrogens with one attached hydrogen (secondary N) is 1. The molecule has 1 aromatic rings. The normalized spacial score (nSPS) is 14.6. The predicted octanol–water partition coefficient (Wildman–Crippen LogP) is 1.93. The topological polar surface area (TPSA) is 47.3 Å². The summed E-state index contributed by atoms with van der Waals surface area (Å²) in [4.78, 5) is 0. The first-order chi connectivity index (χ1) is 8.08. The van der Waals surface area contributed by atoms with Crippen LogP contribution in [0.25, 0.3) is 0 Å². The van der Waals surface area contributed by atoms with E-state index in [1.807, 2.05) is 20.8 Å². The van der Waals surface area contributed by atoms with Crippen LogP contribution in [0.15, 0.2) is 18.2 Å². The van der Waals surface area contributed by atoms with Gasteiger partial charge in [-0.2, -0.15) is 0 Å². The summed E-state index contributed by atoms with van der Waals surface area (Å²) in [5.41, 5.74) is 4.76. The van der Waals surface area contributed by atoms with E-state index >= 15 is 0 Å². The van der Waals surface area contributed by atoms with E-state index in [-0.39, 0.29) is 18.0 Å². The van der Waals surface area contributed by atoms with E-state index in [4.69, 9.17) is 10.6 Å². The van der Waals surface area contributed by atoms with Gasteiger partial charge in [-0.25, -0.2) is 4.39 Å². The van der Waals surface area contributed by atoms with Gasteiger partial charge in [-0.3, -0.25) is 11.3 Å². The molecule has 0 saturated carbocycles. The SMILES string of the molecule is CCOC(C)C(Cc1cc(F)ccc1C)NN. The molecule has 0 aliphatic carbocycles. The van der Waals surface area contributed by atoms with Crippen LogP contribution in [0.5, 0.6) is 0 Å². The van der Waals surface area contributed by atoms with Gasteiger partial charge in [0, 0.05) is 6.61 Å². The maximum absolute atomic E-state index is 13.2. The third-order valence-electron chi connectivity index (χ3n) is 2.96. The molecule has 2 atom stereocenters. The van der Waals surface area contributed by atoms with E-state index < -0.39 is 0 Å². The minimum Gasteiger partial charge on any atom is -0.377 e. The highest BCUT2D eigenvalue weighted by molar-refractivity contribution is 5.27. The van der Waals surface area contributed by atoms with E-state index in [1.54, 1.807) is 12.1 Å². The van der Waals surface area contributed by atoms with Crippen LogP contribution in [0.3, 0.4) is 0 Å². The van der Waals surface area contributed by atoms with E-state index in [1.165, 1.54) is 6.07 Å². The third-order valence-corrected chi connectivity index (χ3v) is 2.96. The molecule has 0 aromatic heterocycles. The molecule has 3 N–H and O–H groups in total. The first kappa shape index (κ1) is 14.1. The summed E-state index contributed by atoms with van der Waals surface area (Å²) in [6.07, 6.45) is 0.647. The summed E-state index contributed by atoms with van der Waals surface area (Å²) in [5, 5.41) is 0. The second-order valence-electron chi connectivity index (χ2n) is 4.21. The Balaban J connectivity index is 2.76. The number of hydrogen-bond donors (Lipinski definition) is 2. The molecule has 0 bridgehead atoms. The molecule has 4 heteroatoms. The molecule has 0 spiro atoms. The molecule has 0 amide bonds. The lowest BCUT2D eigenvalue weighted by Gasteiger charge is -2.23. The van der Waals surface area contributed by atoms with Gasteiger partial charge in [0.2, 0.25) is 0 Å². The Labute approximate surface area is 102 Å². The zero-order valence-corrected chi connectivity index (χ0v) is 10.7. The maximum atomic E-state index is 13.2. The lowest BCUT2D eigenvalue weighted by molar-refractivity contribution is 0.0476. The van der Waals surface area contributed by atoms with E-state index in [9.17, 15) is 4.39 Å². The largest absolute Gasteiger partial charge is 0.377 e. The summed E-state index contributed by atoms with van der Waals surface area (Å²) < 4.78 is 18.7. The molecule has 0 radical (unpaired) electrons. The van der Waals surface area contributed by atoms with Crippen molar-refractivity contribution in [3.63, 3.8) is 0 Å². The Bertz CT molecular complexity index is 357. The van der Waals surface area contributed by atoms with Crippen molar-refractivity contribution in [2.24, 2.45) is 5.84 Å². The van der Waals surface area contributed by atoms with Gasteiger partial charge in [0.15, 0.2) is 0 Å². The Morgan fingerprint density at radius 1 is 1.47 bits per heavy atom. The monoisotopic (exact) mass is 240 g/mol. The smallest absolute Gasteiger partial charge is 0.123 e. The van der Waals surface area contributed by atoms with Crippen molar-refractivity contribution in [2.45, 2.75) is 39.3 Å². The van der Waals surface area contributed by atoms with Crippen LogP contribution in [0.2, 0.25) is 0 Å². The number of benzene rings is 1. The second kappa shape index (κ2) is 6.69. The van der Waals surface area contributed by atoms with Crippen molar-refractivity contribution < 1.29 is 9.13 Å². The summed E-state index contributed by atoms with van der Waals surface area (Å²) in [6, 6.07) is 4.79. The van der Waals surface area contributed by atoms with Crippen molar-refractivity contribution in [3.8, 4) is 0 Å². The first-order valence-corrected chi connectivity index (χ1v) is 5.91. The molecule has 1 aromatic carbocycles. The van der Waals surface area contributed by atoms with Crippen LogP contribution in [0.4, 0.5) is 4.39 Å². The van der Waals surface area contributed by atoms with Crippen molar-refractivity contribution in [1.82, 2.24) is 5.43 Å². The van der Waals surface area contributed by atoms with Gasteiger partial charge in [-0.1, -0.05) is 6.07 Å². The summed E-state index contributed by atoms with van der Waals surface area (Å²) in [5.74, 6) is 5.30. The van der Waals surface area contributed by atoms with Gasteiger partial charge >= 0.3 is 0 Å². The van der Waals surface area contributed by atoms with Gasteiger partial charge in [-0.05, 0) is 50.5 Å². The fraction of sp³-hybridized carbons (Fsp3) is 0.538. The molecule has 96 valence electrons. The van der Waals surface area contributed by atoms with Gasteiger partial charge < -0.3 is 4.74 Å². The maximum Gasteiger partial charge on any atom is 0.123 e. The van der Waals surface area contributed by atoms with Crippen LogP contribution >= 0.6 is 0 Å². The summed E-state index contributed by atoms with van der Waals surface area (Å²) in [6.45, 7) is 6.51. The Kier molecular flexibility index (Phi) is 5.55. The molecule has 0 saturated heterocycles. The van der Waals surface area contributed by atoms with Crippen LogP contribution in [0.1, 0.15) is 25.0 Å². The van der Waals surface area contributed by atoms with Gasteiger partial charge in [-0.15, -0.1) is 0 Å². The van der Waals surface area contributed by atoms with Crippen LogP contribution in [-0.4, -0.2) is 18.8 Å². The highest BCUT2D eigenvalue weighted by Crippen LogP contribution is 2.14. The Morgan fingerprint density at radius 2 is 2.18 bits per heavy atom. The third kappa shape index (κ3) is 4.07. The minimum absolute atomic E-state index is 0.00679. The average molecular weight is 240 g/mol. The zero-order chi connectivity index (χ0) is 12.8. The van der Waals surface area contributed by atoms with Crippen molar-refractivity contribution in [1.29, 1.82) is 0 Å². The number of hydrogen-bond acceptors (Lipinski definition) is 3. The molecule has 2 unspecified atom stereocenters. The standard InChI is InChI=1S/C13H21FN2O/c1-4-17-10(3)13(16-15)8-11-7-12(14)6-5-9(11)2/h5-7,10,13,16H,4,8,15H2,1-3H3. The van der Waals surface area contributed by atoms with Crippen LogP contribution < -0.4 is 11.3 Å². The van der Waals surface area contributed by atoms with E-state index in [2.05, 4.69) is 5.43 Å². The van der Waals surface area contributed by atoms with Crippen LogP contribution in [-0.2, 0) is 11.2 Å². The van der Waals surface area contributed by atoms with E-state index in [0.29, 0.717) is 13.0 Å². The first-order valence-electron chi connectivity index (χ1n) is 5.91. The minimum atomic E-state index is -0.217. The summed E-state index contributed by atoms with van der Waals surface area (Å²) in [7, 11) is 0. The molecule has 0 aliphatic heterocycles.